The van der Waals surface area contributed by atoms with Crippen LogP contribution in [0.15, 0.2) is 18.2 Å². The van der Waals surface area contributed by atoms with E-state index in [0.29, 0.717) is 18.6 Å². The Morgan fingerprint density at radius 2 is 2.23 bits per heavy atom. The largest absolute Gasteiger partial charge is 0.494 e. The highest BCUT2D eigenvalue weighted by atomic mass is 16.5. The molecule has 0 bridgehead atoms. The Morgan fingerprint density at radius 1 is 1.32 bits per heavy atom. The molecule has 0 aromatic heterocycles. The van der Waals surface area contributed by atoms with Gasteiger partial charge in [0.25, 0.3) is 0 Å². The standard InChI is InChI=1S/C18H27NO3/c1-2-21-15-6-7-18-16(11-15)17(8-9-22-18)19-12-13-4-3-5-14(20)10-13/h6-7,11,13-14,17,19-20H,2-5,8-10,12H2,1H3. The van der Waals surface area contributed by atoms with Gasteiger partial charge in [-0.05, 0) is 56.8 Å². The Bertz CT molecular complexity index is 491. The van der Waals surface area contributed by atoms with Crippen LogP contribution in [0.5, 0.6) is 11.5 Å². The van der Waals surface area contributed by atoms with Crippen LogP contribution in [0.1, 0.15) is 50.6 Å². The second kappa shape index (κ2) is 7.34. The molecule has 4 nitrogen and oxygen atoms in total. The van der Waals surface area contributed by atoms with Crippen LogP contribution in [-0.4, -0.2) is 31.0 Å². The van der Waals surface area contributed by atoms with Crippen molar-refractivity contribution in [3.63, 3.8) is 0 Å². The van der Waals surface area contributed by atoms with E-state index in [9.17, 15) is 5.11 Å². The predicted octanol–water partition coefficient (Wildman–Crippen LogP) is 3.05. The Hall–Kier alpha value is -1.26. The Morgan fingerprint density at radius 3 is 3.05 bits per heavy atom. The zero-order chi connectivity index (χ0) is 15.4. The average molecular weight is 305 g/mol. The van der Waals surface area contributed by atoms with Gasteiger partial charge in [-0.3, -0.25) is 0 Å². The molecule has 0 radical (unpaired) electrons. The van der Waals surface area contributed by atoms with Gasteiger partial charge in [-0.1, -0.05) is 6.42 Å². The summed E-state index contributed by atoms with van der Waals surface area (Å²) in [7, 11) is 0. The van der Waals surface area contributed by atoms with Crippen LogP contribution in [0.2, 0.25) is 0 Å². The summed E-state index contributed by atoms with van der Waals surface area (Å²) in [6.07, 6.45) is 5.15. The van der Waals surface area contributed by atoms with Gasteiger partial charge in [-0.15, -0.1) is 0 Å². The van der Waals surface area contributed by atoms with Crippen LogP contribution in [0.3, 0.4) is 0 Å². The van der Waals surface area contributed by atoms with Crippen molar-refractivity contribution in [2.75, 3.05) is 19.8 Å². The van der Waals surface area contributed by atoms with Gasteiger partial charge in [-0.2, -0.15) is 0 Å². The van der Waals surface area contributed by atoms with Crippen molar-refractivity contribution < 1.29 is 14.6 Å². The van der Waals surface area contributed by atoms with E-state index in [1.165, 1.54) is 12.0 Å². The van der Waals surface area contributed by atoms with Crippen molar-refractivity contribution in [3.8, 4) is 11.5 Å². The van der Waals surface area contributed by atoms with Crippen molar-refractivity contribution in [2.45, 2.75) is 51.2 Å². The van der Waals surface area contributed by atoms with Gasteiger partial charge < -0.3 is 19.9 Å². The van der Waals surface area contributed by atoms with Crippen LogP contribution in [0.25, 0.3) is 0 Å². The number of rotatable bonds is 5. The van der Waals surface area contributed by atoms with Crippen LogP contribution < -0.4 is 14.8 Å². The molecule has 4 heteroatoms. The number of hydrogen-bond acceptors (Lipinski definition) is 4. The first-order valence-electron chi connectivity index (χ1n) is 8.57. The fourth-order valence-electron chi connectivity index (χ4n) is 3.60. The lowest BCUT2D eigenvalue weighted by Gasteiger charge is -2.31. The van der Waals surface area contributed by atoms with E-state index < -0.39 is 0 Å². The first-order chi connectivity index (χ1) is 10.8. The van der Waals surface area contributed by atoms with Crippen molar-refractivity contribution in [3.05, 3.63) is 23.8 Å². The number of aliphatic hydroxyl groups is 1. The van der Waals surface area contributed by atoms with Crippen molar-refractivity contribution in [2.24, 2.45) is 5.92 Å². The van der Waals surface area contributed by atoms with Crippen LogP contribution in [0, 0.1) is 5.92 Å². The minimum atomic E-state index is -0.105. The van der Waals surface area contributed by atoms with E-state index in [0.717, 1.165) is 50.3 Å². The monoisotopic (exact) mass is 305 g/mol. The molecule has 2 N–H and O–H groups in total. The van der Waals surface area contributed by atoms with E-state index >= 15 is 0 Å². The molecule has 2 aliphatic rings. The van der Waals surface area contributed by atoms with Gasteiger partial charge in [0.15, 0.2) is 0 Å². The third-order valence-electron chi connectivity index (χ3n) is 4.74. The summed E-state index contributed by atoms with van der Waals surface area (Å²) >= 11 is 0. The lowest BCUT2D eigenvalue weighted by Crippen LogP contribution is -2.33. The first kappa shape index (κ1) is 15.6. The minimum Gasteiger partial charge on any atom is -0.494 e. The van der Waals surface area contributed by atoms with Crippen LogP contribution >= 0.6 is 0 Å². The molecule has 1 aromatic carbocycles. The molecule has 3 atom stereocenters. The quantitative estimate of drug-likeness (QED) is 0.878. The summed E-state index contributed by atoms with van der Waals surface area (Å²) in [5.41, 5.74) is 1.20. The Balaban J connectivity index is 1.64. The van der Waals surface area contributed by atoms with Crippen LogP contribution in [-0.2, 0) is 0 Å². The highest BCUT2D eigenvalue weighted by Crippen LogP contribution is 2.35. The fraction of sp³-hybridized carbons (Fsp3) is 0.667. The Labute approximate surface area is 132 Å². The number of ether oxygens (including phenoxy) is 2. The van der Waals surface area contributed by atoms with Gasteiger partial charge >= 0.3 is 0 Å². The molecule has 1 aromatic rings. The maximum atomic E-state index is 9.81. The summed E-state index contributed by atoms with van der Waals surface area (Å²) in [6.45, 7) is 4.41. The molecule has 1 aliphatic carbocycles. The number of benzene rings is 1. The predicted molar refractivity (Wildman–Crippen MR) is 86.4 cm³/mol. The maximum absolute atomic E-state index is 9.81. The van der Waals surface area contributed by atoms with Gasteiger partial charge in [-0.25, -0.2) is 0 Å². The average Bonchev–Trinajstić information content (AvgIpc) is 2.53. The lowest BCUT2D eigenvalue weighted by molar-refractivity contribution is 0.0987. The second-order valence-electron chi connectivity index (χ2n) is 6.42. The highest BCUT2D eigenvalue weighted by Gasteiger charge is 2.25. The van der Waals surface area contributed by atoms with E-state index in [2.05, 4.69) is 11.4 Å². The summed E-state index contributed by atoms with van der Waals surface area (Å²) in [5.74, 6) is 2.47. The Kier molecular flexibility index (Phi) is 5.21. The molecule has 0 amide bonds. The molecule has 1 heterocycles. The van der Waals surface area contributed by atoms with E-state index in [1.54, 1.807) is 0 Å². The third kappa shape index (κ3) is 3.73. The number of fused-ring (bicyclic) bond motifs is 1. The second-order valence-corrected chi connectivity index (χ2v) is 6.42. The molecule has 0 spiro atoms. The van der Waals surface area contributed by atoms with E-state index in [4.69, 9.17) is 9.47 Å². The van der Waals surface area contributed by atoms with E-state index in [1.807, 2.05) is 19.1 Å². The number of aliphatic hydroxyl groups excluding tert-OH is 1. The van der Waals surface area contributed by atoms with Crippen molar-refractivity contribution in [1.82, 2.24) is 5.32 Å². The fourth-order valence-corrected chi connectivity index (χ4v) is 3.60. The van der Waals surface area contributed by atoms with Crippen LogP contribution in [0.4, 0.5) is 0 Å². The molecule has 1 aliphatic heterocycles. The number of nitrogens with one attached hydrogen (secondary N) is 1. The zero-order valence-electron chi connectivity index (χ0n) is 13.4. The molecule has 3 rings (SSSR count). The number of hydrogen-bond donors (Lipinski definition) is 2. The van der Waals surface area contributed by atoms with Gasteiger partial charge in [0.05, 0.1) is 19.3 Å². The highest BCUT2D eigenvalue weighted by molar-refractivity contribution is 5.43. The normalized spacial score (nSPS) is 27.8. The molecule has 122 valence electrons. The molecule has 1 saturated carbocycles. The first-order valence-corrected chi connectivity index (χ1v) is 8.57. The summed E-state index contributed by atoms with van der Waals surface area (Å²) in [6, 6.07) is 6.41. The molecule has 22 heavy (non-hydrogen) atoms. The molecule has 1 fully saturated rings. The summed E-state index contributed by atoms with van der Waals surface area (Å²) in [4.78, 5) is 0. The van der Waals surface area contributed by atoms with Gasteiger partial charge in [0, 0.05) is 18.0 Å². The van der Waals surface area contributed by atoms with Crippen molar-refractivity contribution in [1.29, 1.82) is 0 Å². The summed E-state index contributed by atoms with van der Waals surface area (Å²) in [5, 5.41) is 13.5. The maximum Gasteiger partial charge on any atom is 0.124 e. The minimum absolute atomic E-state index is 0.105. The molecule has 3 unspecified atom stereocenters. The zero-order valence-corrected chi connectivity index (χ0v) is 13.4. The van der Waals surface area contributed by atoms with E-state index in [-0.39, 0.29) is 6.10 Å². The molecule has 0 saturated heterocycles. The van der Waals surface area contributed by atoms with Crippen molar-refractivity contribution >= 4 is 0 Å². The molecular weight excluding hydrogens is 278 g/mol. The lowest BCUT2D eigenvalue weighted by atomic mass is 9.87. The SMILES string of the molecule is CCOc1ccc2c(c1)C(NCC1CCCC(O)C1)CCO2. The topological polar surface area (TPSA) is 50.7 Å². The summed E-state index contributed by atoms with van der Waals surface area (Å²) < 4.78 is 11.4. The third-order valence-corrected chi connectivity index (χ3v) is 4.74. The van der Waals surface area contributed by atoms with Gasteiger partial charge in [0.1, 0.15) is 11.5 Å². The molecular formula is C18H27NO3. The smallest absolute Gasteiger partial charge is 0.124 e. The van der Waals surface area contributed by atoms with Gasteiger partial charge in [0.2, 0.25) is 0 Å².